The van der Waals surface area contributed by atoms with Gasteiger partial charge in [0.15, 0.2) is 0 Å². The molecular weight excluding hydrogens is 346 g/mol. The monoisotopic (exact) mass is 367 g/mol. The standard InChI is InChI=1S/C21H22ClN3O/c1-15(25-14-24-18-8-4-5-9-19(18)25)12-20(26)23-13-21(10-11-21)16-6-2-3-7-17(16)22/h2-9,14-15H,10-13H2,1H3,(H,23,26)/t15-/m1/s1. The first-order chi connectivity index (χ1) is 12.6. The Kier molecular flexibility index (Phi) is 4.45. The van der Waals surface area contributed by atoms with Gasteiger partial charge in [-0.2, -0.15) is 0 Å². The molecule has 3 aromatic rings. The first kappa shape index (κ1) is 17.1. The van der Waals surface area contributed by atoms with Crippen molar-refractivity contribution in [2.75, 3.05) is 6.54 Å². The summed E-state index contributed by atoms with van der Waals surface area (Å²) in [6.07, 6.45) is 4.38. The van der Waals surface area contributed by atoms with Gasteiger partial charge in [-0.25, -0.2) is 4.98 Å². The van der Waals surface area contributed by atoms with Gasteiger partial charge in [-0.05, 0) is 43.5 Å². The van der Waals surface area contributed by atoms with Gasteiger partial charge in [0.05, 0.1) is 17.4 Å². The molecule has 1 aliphatic carbocycles. The van der Waals surface area contributed by atoms with Gasteiger partial charge in [-0.3, -0.25) is 4.79 Å². The molecular formula is C21H22ClN3O. The molecule has 0 bridgehead atoms. The number of aromatic nitrogens is 2. The maximum atomic E-state index is 12.5. The number of benzene rings is 2. The van der Waals surface area contributed by atoms with E-state index in [1.165, 1.54) is 0 Å². The van der Waals surface area contributed by atoms with Gasteiger partial charge in [0.2, 0.25) is 5.91 Å². The molecule has 1 amide bonds. The minimum atomic E-state index is 0.0128. The lowest BCUT2D eigenvalue weighted by molar-refractivity contribution is -0.121. The van der Waals surface area contributed by atoms with E-state index in [-0.39, 0.29) is 17.4 Å². The van der Waals surface area contributed by atoms with Gasteiger partial charge < -0.3 is 9.88 Å². The summed E-state index contributed by atoms with van der Waals surface area (Å²) in [6.45, 7) is 2.70. The van der Waals surface area contributed by atoms with Crippen molar-refractivity contribution in [1.82, 2.24) is 14.9 Å². The summed E-state index contributed by atoms with van der Waals surface area (Å²) < 4.78 is 2.07. The number of para-hydroxylation sites is 2. The first-order valence-electron chi connectivity index (χ1n) is 9.02. The molecule has 0 radical (unpaired) electrons. The maximum Gasteiger partial charge on any atom is 0.222 e. The lowest BCUT2D eigenvalue weighted by atomic mass is 9.96. The summed E-state index contributed by atoms with van der Waals surface area (Å²) in [7, 11) is 0. The van der Waals surface area contributed by atoms with E-state index < -0.39 is 0 Å². The first-order valence-corrected chi connectivity index (χ1v) is 9.40. The number of rotatable bonds is 6. The fourth-order valence-corrected chi connectivity index (χ4v) is 3.96. The zero-order valence-electron chi connectivity index (χ0n) is 14.8. The molecule has 0 saturated heterocycles. The number of fused-ring (bicyclic) bond motifs is 1. The van der Waals surface area contributed by atoms with Crippen LogP contribution in [0.5, 0.6) is 0 Å². The zero-order chi connectivity index (χ0) is 18.1. The van der Waals surface area contributed by atoms with E-state index in [0.717, 1.165) is 34.5 Å². The summed E-state index contributed by atoms with van der Waals surface area (Å²) in [5.41, 5.74) is 3.17. The van der Waals surface area contributed by atoms with E-state index >= 15 is 0 Å². The molecule has 4 rings (SSSR count). The summed E-state index contributed by atoms with van der Waals surface area (Å²) in [5.74, 6) is 0.0635. The van der Waals surface area contributed by atoms with Crippen molar-refractivity contribution in [2.24, 2.45) is 0 Å². The number of hydrogen-bond donors (Lipinski definition) is 1. The van der Waals surface area contributed by atoms with E-state index in [0.29, 0.717) is 13.0 Å². The molecule has 1 aliphatic rings. The highest BCUT2D eigenvalue weighted by Crippen LogP contribution is 2.49. The van der Waals surface area contributed by atoms with Crippen LogP contribution < -0.4 is 5.32 Å². The van der Waals surface area contributed by atoms with Crippen molar-refractivity contribution >= 4 is 28.5 Å². The third-order valence-corrected chi connectivity index (χ3v) is 5.69. The molecule has 5 heteroatoms. The summed E-state index contributed by atoms with van der Waals surface area (Å²) >= 11 is 6.35. The van der Waals surface area contributed by atoms with Crippen molar-refractivity contribution in [3.8, 4) is 0 Å². The van der Waals surface area contributed by atoms with Crippen LogP contribution in [0.25, 0.3) is 11.0 Å². The summed E-state index contributed by atoms with van der Waals surface area (Å²) in [6, 6.07) is 16.0. The van der Waals surface area contributed by atoms with Crippen molar-refractivity contribution in [1.29, 1.82) is 0 Å². The largest absolute Gasteiger partial charge is 0.355 e. The van der Waals surface area contributed by atoms with Gasteiger partial charge in [0.25, 0.3) is 0 Å². The van der Waals surface area contributed by atoms with Crippen LogP contribution in [0, 0.1) is 0 Å². The molecule has 1 aromatic heterocycles. The van der Waals surface area contributed by atoms with Crippen molar-refractivity contribution in [3.05, 3.63) is 65.4 Å². The van der Waals surface area contributed by atoms with E-state index in [1.807, 2.05) is 48.8 Å². The van der Waals surface area contributed by atoms with Gasteiger partial charge in [0, 0.05) is 29.4 Å². The predicted octanol–water partition coefficient (Wildman–Crippen LogP) is 4.49. The van der Waals surface area contributed by atoms with E-state index in [1.54, 1.807) is 0 Å². The summed E-state index contributed by atoms with van der Waals surface area (Å²) in [4.78, 5) is 16.9. The van der Waals surface area contributed by atoms with Crippen molar-refractivity contribution in [2.45, 2.75) is 37.6 Å². The van der Waals surface area contributed by atoms with Crippen LogP contribution in [0.4, 0.5) is 0 Å². The average Bonchev–Trinajstić information content (AvgIpc) is 3.30. The second-order valence-electron chi connectivity index (χ2n) is 7.23. The van der Waals surface area contributed by atoms with Crippen LogP contribution in [0.1, 0.15) is 37.8 Å². The third-order valence-electron chi connectivity index (χ3n) is 5.36. The molecule has 0 aliphatic heterocycles. The molecule has 4 nitrogen and oxygen atoms in total. The highest BCUT2D eigenvalue weighted by Gasteiger charge is 2.45. The van der Waals surface area contributed by atoms with Crippen LogP contribution in [-0.4, -0.2) is 22.0 Å². The second kappa shape index (κ2) is 6.76. The Morgan fingerprint density at radius 3 is 2.73 bits per heavy atom. The molecule has 0 spiro atoms. The fraction of sp³-hybridized carbons (Fsp3) is 0.333. The zero-order valence-corrected chi connectivity index (χ0v) is 15.5. The number of nitrogens with one attached hydrogen (secondary N) is 1. The minimum absolute atomic E-state index is 0.0128. The fourth-order valence-electron chi connectivity index (χ4n) is 3.62. The highest BCUT2D eigenvalue weighted by molar-refractivity contribution is 6.31. The number of carbonyl (C=O) groups is 1. The van der Waals surface area contributed by atoms with E-state index in [4.69, 9.17) is 11.6 Å². The van der Waals surface area contributed by atoms with Crippen LogP contribution in [0.15, 0.2) is 54.9 Å². The lowest BCUT2D eigenvalue weighted by Gasteiger charge is -2.19. The quantitative estimate of drug-likeness (QED) is 0.697. The van der Waals surface area contributed by atoms with Crippen molar-refractivity contribution < 1.29 is 4.79 Å². The van der Waals surface area contributed by atoms with Gasteiger partial charge in [0.1, 0.15) is 0 Å². The predicted molar refractivity (Wildman–Crippen MR) is 104 cm³/mol. The Labute approximate surface area is 158 Å². The topological polar surface area (TPSA) is 46.9 Å². The maximum absolute atomic E-state index is 12.5. The normalized spacial score (nSPS) is 16.4. The molecule has 1 atom stereocenters. The van der Waals surface area contributed by atoms with Crippen molar-refractivity contribution in [3.63, 3.8) is 0 Å². The molecule has 1 saturated carbocycles. The molecule has 2 aromatic carbocycles. The molecule has 1 heterocycles. The van der Waals surface area contributed by atoms with Gasteiger partial charge in [-0.1, -0.05) is 41.9 Å². The number of carbonyl (C=O) groups excluding carboxylic acids is 1. The third kappa shape index (κ3) is 3.21. The molecule has 26 heavy (non-hydrogen) atoms. The number of nitrogens with zero attached hydrogens (tertiary/aromatic N) is 2. The highest BCUT2D eigenvalue weighted by atomic mass is 35.5. The molecule has 1 N–H and O–H groups in total. The van der Waals surface area contributed by atoms with Crippen LogP contribution in [-0.2, 0) is 10.2 Å². The summed E-state index contributed by atoms with van der Waals surface area (Å²) in [5, 5.41) is 3.91. The molecule has 134 valence electrons. The SMILES string of the molecule is C[C@H](CC(=O)NCC1(c2ccccc2Cl)CC1)n1cnc2ccccc21. The minimum Gasteiger partial charge on any atom is -0.355 e. The number of hydrogen-bond acceptors (Lipinski definition) is 2. The Balaban J connectivity index is 1.39. The Morgan fingerprint density at radius 1 is 1.23 bits per heavy atom. The van der Waals surface area contributed by atoms with Gasteiger partial charge in [-0.15, -0.1) is 0 Å². The number of amides is 1. The number of imidazole rings is 1. The van der Waals surface area contributed by atoms with Crippen LogP contribution in [0.2, 0.25) is 5.02 Å². The average molecular weight is 368 g/mol. The molecule has 1 fully saturated rings. The number of halogens is 1. The molecule has 0 unspecified atom stereocenters. The second-order valence-corrected chi connectivity index (χ2v) is 7.64. The van der Waals surface area contributed by atoms with Crippen LogP contribution in [0.3, 0.4) is 0 Å². The smallest absolute Gasteiger partial charge is 0.222 e. The van der Waals surface area contributed by atoms with Gasteiger partial charge >= 0.3 is 0 Å². The van der Waals surface area contributed by atoms with E-state index in [9.17, 15) is 4.79 Å². The Bertz CT molecular complexity index is 945. The Hall–Kier alpha value is -2.33. The lowest BCUT2D eigenvalue weighted by Crippen LogP contribution is -2.33. The van der Waals surface area contributed by atoms with Crippen LogP contribution >= 0.6 is 11.6 Å². The Morgan fingerprint density at radius 2 is 1.96 bits per heavy atom. The van der Waals surface area contributed by atoms with E-state index in [2.05, 4.69) is 27.9 Å².